The van der Waals surface area contributed by atoms with Crippen molar-refractivity contribution in [3.63, 3.8) is 0 Å². The van der Waals surface area contributed by atoms with E-state index < -0.39 is 17.5 Å². The molecule has 3 N–H and O–H groups in total. The van der Waals surface area contributed by atoms with Crippen molar-refractivity contribution in [2.24, 2.45) is 0 Å². The molecule has 0 radical (unpaired) electrons. The van der Waals surface area contributed by atoms with Crippen molar-refractivity contribution in [3.05, 3.63) is 117 Å². The number of nitrogens with zero attached hydrogens (tertiary/aromatic N) is 4. The molecule has 0 aliphatic carbocycles. The Labute approximate surface area is 237 Å². The number of amides is 1. The summed E-state index contributed by atoms with van der Waals surface area (Å²) < 4.78 is 6.64. The molecule has 0 saturated heterocycles. The summed E-state index contributed by atoms with van der Waals surface area (Å²) in [5.41, 5.74) is 8.32. The van der Waals surface area contributed by atoms with Crippen molar-refractivity contribution < 1.29 is 9.32 Å². The number of hydrazine groups is 2. The maximum absolute atomic E-state index is 13.6. The molecule has 5 aromatic rings. The van der Waals surface area contributed by atoms with Gasteiger partial charge in [-0.15, -0.1) is 5.53 Å². The lowest BCUT2D eigenvalue weighted by molar-refractivity contribution is -0.119. The summed E-state index contributed by atoms with van der Waals surface area (Å²) in [5.74, 6) is -0.159. The normalized spacial score (nSPS) is 13.7. The average molecular weight is 574 g/mol. The van der Waals surface area contributed by atoms with Crippen LogP contribution in [0.4, 0.5) is 11.5 Å². The number of carbonyl (C=O) groups excluding carboxylic acids is 1. The fourth-order valence-corrected chi connectivity index (χ4v) is 4.78. The van der Waals surface area contributed by atoms with Gasteiger partial charge >= 0.3 is 0 Å². The molecular weight excluding hydrogens is 553 g/mol. The zero-order valence-electron chi connectivity index (χ0n) is 20.7. The molecule has 40 heavy (non-hydrogen) atoms. The second-order valence-corrected chi connectivity index (χ2v) is 9.83. The number of hydrogen-bond acceptors (Lipinski definition) is 8. The van der Waals surface area contributed by atoms with Crippen molar-refractivity contribution in [1.29, 1.82) is 0 Å². The van der Waals surface area contributed by atoms with Gasteiger partial charge in [0.05, 0.1) is 29.3 Å². The SMILES string of the molecule is O=C(Nc1noc2ccccc12)[C@H](Cc1ccccc1)n1cnc(-c2cc(Cl)ccc2N2C=C(Cl)NN2)cc1=O. The molecule has 0 fully saturated rings. The highest BCUT2D eigenvalue weighted by Crippen LogP contribution is 2.33. The van der Waals surface area contributed by atoms with Crippen molar-refractivity contribution in [2.45, 2.75) is 12.5 Å². The Balaban J connectivity index is 1.37. The number of aromatic nitrogens is 3. The number of fused-ring (bicyclic) bond motifs is 1. The molecule has 6 rings (SSSR count). The van der Waals surface area contributed by atoms with Gasteiger partial charge in [0.15, 0.2) is 11.4 Å². The third-order valence-electron chi connectivity index (χ3n) is 6.40. The van der Waals surface area contributed by atoms with E-state index in [1.165, 1.54) is 17.0 Å². The van der Waals surface area contributed by atoms with Gasteiger partial charge < -0.3 is 9.84 Å². The van der Waals surface area contributed by atoms with Gasteiger partial charge in [0.2, 0.25) is 5.91 Å². The summed E-state index contributed by atoms with van der Waals surface area (Å²) in [6.45, 7) is 0. The predicted molar refractivity (Wildman–Crippen MR) is 153 cm³/mol. The minimum Gasteiger partial charge on any atom is -0.354 e. The fraction of sp³-hybridized carbons (Fsp3) is 0.0714. The van der Waals surface area contributed by atoms with Gasteiger partial charge in [-0.1, -0.05) is 70.8 Å². The Morgan fingerprint density at radius 2 is 1.82 bits per heavy atom. The molecule has 0 bridgehead atoms. The van der Waals surface area contributed by atoms with E-state index in [4.69, 9.17) is 27.7 Å². The van der Waals surface area contributed by atoms with E-state index in [9.17, 15) is 9.59 Å². The van der Waals surface area contributed by atoms with Gasteiger partial charge in [0.1, 0.15) is 11.2 Å². The van der Waals surface area contributed by atoms with Gasteiger partial charge in [0.25, 0.3) is 5.56 Å². The minimum absolute atomic E-state index is 0.248. The van der Waals surface area contributed by atoms with Crippen LogP contribution >= 0.6 is 23.2 Å². The first kappa shape index (κ1) is 25.6. The highest BCUT2D eigenvalue weighted by atomic mass is 35.5. The first-order chi connectivity index (χ1) is 19.5. The third-order valence-corrected chi connectivity index (χ3v) is 6.82. The second-order valence-electron chi connectivity index (χ2n) is 8.99. The Morgan fingerprint density at radius 1 is 1.02 bits per heavy atom. The number of nitrogens with one attached hydrogen (secondary N) is 3. The van der Waals surface area contributed by atoms with Crippen molar-refractivity contribution in [3.8, 4) is 11.3 Å². The van der Waals surface area contributed by atoms with Crippen LogP contribution in [0.3, 0.4) is 0 Å². The number of anilines is 2. The number of hydrogen-bond donors (Lipinski definition) is 3. The average Bonchev–Trinajstić information content (AvgIpc) is 3.58. The molecule has 3 aromatic carbocycles. The predicted octanol–water partition coefficient (Wildman–Crippen LogP) is 4.99. The maximum atomic E-state index is 13.6. The summed E-state index contributed by atoms with van der Waals surface area (Å²) >= 11 is 12.3. The van der Waals surface area contributed by atoms with Gasteiger partial charge in [-0.2, -0.15) is 0 Å². The van der Waals surface area contributed by atoms with Crippen LogP contribution < -0.4 is 26.8 Å². The highest BCUT2D eigenvalue weighted by molar-refractivity contribution is 6.31. The standard InChI is InChI=1S/C28H21Cl2N7O3/c29-18-10-11-22(37-15-25(30)33-35-37)20(13-18)21-14-26(38)36(16-31-21)23(12-17-6-2-1-3-7-17)28(39)32-27-19-8-4-5-9-24(19)40-34-27/h1-11,13-16,23,33,35H,12H2,(H,32,34,39)/t23-/m0/s1. The molecule has 0 spiro atoms. The number of halogens is 2. The summed E-state index contributed by atoms with van der Waals surface area (Å²) in [6.07, 6.45) is 3.26. The third kappa shape index (κ3) is 5.15. The second kappa shape index (κ2) is 10.9. The van der Waals surface area contributed by atoms with E-state index in [0.29, 0.717) is 38.1 Å². The lowest BCUT2D eigenvalue weighted by Gasteiger charge is -2.21. The van der Waals surface area contributed by atoms with Crippen molar-refractivity contribution in [2.75, 3.05) is 10.3 Å². The summed E-state index contributed by atoms with van der Waals surface area (Å²) in [7, 11) is 0. The number of benzene rings is 3. The van der Waals surface area contributed by atoms with E-state index >= 15 is 0 Å². The topological polar surface area (TPSA) is 117 Å². The van der Waals surface area contributed by atoms with E-state index in [1.54, 1.807) is 41.5 Å². The molecule has 1 amide bonds. The number of para-hydroxylation sites is 1. The quantitative estimate of drug-likeness (QED) is 0.233. The van der Waals surface area contributed by atoms with Crippen LogP contribution in [-0.4, -0.2) is 20.6 Å². The molecule has 1 aliphatic heterocycles. The molecule has 1 aliphatic rings. The molecule has 0 saturated carbocycles. The van der Waals surface area contributed by atoms with Crippen LogP contribution in [0, 0.1) is 0 Å². The lowest BCUT2D eigenvalue weighted by Crippen LogP contribution is -2.36. The van der Waals surface area contributed by atoms with E-state index in [2.05, 4.69) is 26.4 Å². The van der Waals surface area contributed by atoms with E-state index in [1.807, 2.05) is 42.5 Å². The molecule has 1 atom stereocenters. The Morgan fingerprint density at radius 3 is 2.60 bits per heavy atom. The van der Waals surface area contributed by atoms with Crippen LogP contribution in [0.2, 0.25) is 5.02 Å². The van der Waals surface area contributed by atoms with Gasteiger partial charge in [-0.3, -0.25) is 24.6 Å². The van der Waals surface area contributed by atoms with E-state index in [-0.39, 0.29) is 12.2 Å². The smallest absolute Gasteiger partial charge is 0.254 e. The largest absolute Gasteiger partial charge is 0.354 e. The molecule has 12 heteroatoms. The lowest BCUT2D eigenvalue weighted by atomic mass is 10.0. The summed E-state index contributed by atoms with van der Waals surface area (Å²) in [5, 5.41) is 9.99. The van der Waals surface area contributed by atoms with Crippen molar-refractivity contribution >= 4 is 51.6 Å². The zero-order valence-corrected chi connectivity index (χ0v) is 22.2. The monoisotopic (exact) mass is 573 g/mol. The molecule has 200 valence electrons. The van der Waals surface area contributed by atoms with Crippen LogP contribution in [0.5, 0.6) is 0 Å². The molecule has 10 nitrogen and oxygen atoms in total. The molecular formula is C28H21Cl2N7O3. The minimum atomic E-state index is -0.920. The van der Waals surface area contributed by atoms with Gasteiger partial charge in [0, 0.05) is 23.1 Å². The summed E-state index contributed by atoms with van der Waals surface area (Å²) in [6, 6.07) is 22.3. The van der Waals surface area contributed by atoms with Gasteiger partial charge in [-0.05, 0) is 35.9 Å². The Kier molecular flexibility index (Phi) is 6.95. The van der Waals surface area contributed by atoms with Crippen molar-refractivity contribution in [1.82, 2.24) is 25.7 Å². The van der Waals surface area contributed by atoms with E-state index in [0.717, 1.165) is 5.56 Å². The zero-order chi connectivity index (χ0) is 27.6. The van der Waals surface area contributed by atoms with Crippen LogP contribution in [-0.2, 0) is 11.2 Å². The molecule has 0 unspecified atom stereocenters. The molecule has 2 aromatic heterocycles. The first-order valence-electron chi connectivity index (χ1n) is 12.2. The number of carbonyl (C=O) groups is 1. The van der Waals surface area contributed by atoms with Crippen LogP contribution in [0.15, 0.2) is 106 Å². The Bertz CT molecular complexity index is 1800. The number of rotatable bonds is 7. The first-order valence-corrected chi connectivity index (χ1v) is 13.0. The van der Waals surface area contributed by atoms with Crippen LogP contribution in [0.25, 0.3) is 22.2 Å². The van der Waals surface area contributed by atoms with Gasteiger partial charge in [-0.25, -0.2) is 4.98 Å². The molecule has 3 heterocycles. The fourth-order valence-electron chi connectivity index (χ4n) is 4.47. The summed E-state index contributed by atoms with van der Waals surface area (Å²) in [4.78, 5) is 31.7. The highest BCUT2D eigenvalue weighted by Gasteiger charge is 2.25. The van der Waals surface area contributed by atoms with Crippen LogP contribution in [0.1, 0.15) is 11.6 Å². The Hall–Kier alpha value is -4.64. The maximum Gasteiger partial charge on any atom is 0.254 e.